The van der Waals surface area contributed by atoms with Crippen molar-refractivity contribution in [1.29, 1.82) is 0 Å². The molecule has 0 saturated heterocycles. The molecule has 0 aromatic heterocycles. The van der Waals surface area contributed by atoms with Gasteiger partial charge in [-0.3, -0.25) is 0 Å². The van der Waals surface area contributed by atoms with E-state index in [1.165, 1.54) is 12.1 Å². The minimum Gasteiger partial charge on any atom is -0.495 e. The summed E-state index contributed by atoms with van der Waals surface area (Å²) in [5, 5.41) is 3.86. The minimum atomic E-state index is -3.67. The molecule has 5 nitrogen and oxygen atoms in total. The molecule has 0 spiro atoms. The lowest BCUT2D eigenvalue weighted by molar-refractivity contribution is 0.416. The number of anilines is 1. The number of benzene rings is 3. The molecule has 28 heavy (non-hydrogen) atoms. The minimum absolute atomic E-state index is 0.160. The van der Waals surface area contributed by atoms with Gasteiger partial charge in [0.25, 0.3) is 0 Å². The van der Waals surface area contributed by atoms with E-state index < -0.39 is 10.0 Å². The number of ether oxygens (including phenoxy) is 1. The van der Waals surface area contributed by atoms with Crippen LogP contribution in [0.25, 0.3) is 0 Å². The van der Waals surface area contributed by atoms with Gasteiger partial charge < -0.3 is 10.1 Å². The Morgan fingerprint density at radius 3 is 2.25 bits per heavy atom. The van der Waals surface area contributed by atoms with Gasteiger partial charge in [0.1, 0.15) is 5.75 Å². The Balaban J connectivity index is 1.83. The lowest BCUT2D eigenvalue weighted by Crippen LogP contribution is -2.31. The topological polar surface area (TPSA) is 67.4 Å². The number of nitrogens with one attached hydrogen (secondary N) is 2. The third-order valence-electron chi connectivity index (χ3n) is 4.24. The molecule has 3 rings (SSSR count). The molecule has 0 amide bonds. The fourth-order valence-corrected chi connectivity index (χ4v) is 3.95. The number of rotatable bonds is 8. The second kappa shape index (κ2) is 9.10. The van der Waals surface area contributed by atoms with Gasteiger partial charge in [-0.05, 0) is 42.0 Å². The van der Waals surface area contributed by atoms with Crippen LogP contribution in [0, 0.1) is 0 Å². The highest BCUT2D eigenvalue weighted by atomic mass is 35.5. The van der Waals surface area contributed by atoms with Crippen LogP contribution in [0.1, 0.15) is 11.6 Å². The summed E-state index contributed by atoms with van der Waals surface area (Å²) in [6.07, 6.45) is 0. The van der Waals surface area contributed by atoms with Crippen LogP contribution in [0.4, 0.5) is 5.69 Å². The van der Waals surface area contributed by atoms with E-state index in [0.29, 0.717) is 10.8 Å². The molecule has 0 heterocycles. The van der Waals surface area contributed by atoms with Gasteiger partial charge in [-0.2, -0.15) is 0 Å². The summed E-state index contributed by atoms with van der Waals surface area (Å²) in [4.78, 5) is 0.168. The summed E-state index contributed by atoms with van der Waals surface area (Å²) < 4.78 is 33.4. The molecule has 0 unspecified atom stereocenters. The van der Waals surface area contributed by atoms with Gasteiger partial charge in [-0.15, -0.1) is 0 Å². The molecule has 0 saturated carbocycles. The van der Waals surface area contributed by atoms with Crippen molar-refractivity contribution in [1.82, 2.24) is 4.72 Å². The van der Waals surface area contributed by atoms with Gasteiger partial charge in [0.05, 0.1) is 23.7 Å². The maximum atomic E-state index is 12.6. The van der Waals surface area contributed by atoms with Crippen molar-refractivity contribution in [3.8, 4) is 5.75 Å². The molecule has 2 N–H and O–H groups in total. The van der Waals surface area contributed by atoms with Crippen molar-refractivity contribution in [3.63, 3.8) is 0 Å². The molecule has 0 aliphatic carbocycles. The molecule has 0 aliphatic heterocycles. The largest absolute Gasteiger partial charge is 0.495 e. The second-order valence-electron chi connectivity index (χ2n) is 6.11. The molecule has 3 aromatic rings. The monoisotopic (exact) mass is 416 g/mol. The first kappa shape index (κ1) is 20.2. The van der Waals surface area contributed by atoms with Gasteiger partial charge in [-0.1, -0.05) is 54.1 Å². The third kappa shape index (κ3) is 5.04. The average Bonchev–Trinajstić information content (AvgIpc) is 2.72. The van der Waals surface area contributed by atoms with E-state index in [9.17, 15) is 8.42 Å². The Morgan fingerprint density at radius 1 is 0.929 bits per heavy atom. The van der Waals surface area contributed by atoms with Crippen molar-refractivity contribution in [3.05, 3.63) is 89.4 Å². The van der Waals surface area contributed by atoms with Gasteiger partial charge in [0.15, 0.2) is 0 Å². The molecule has 7 heteroatoms. The van der Waals surface area contributed by atoms with Crippen LogP contribution in [0.15, 0.2) is 83.8 Å². The SMILES string of the molecule is COc1ccccc1N[C@H](CNS(=O)(=O)c1ccc(Cl)cc1)c1ccccc1. The fourth-order valence-electron chi connectivity index (χ4n) is 2.78. The Bertz CT molecular complexity index is 1010. The highest BCUT2D eigenvalue weighted by Gasteiger charge is 2.19. The quantitative estimate of drug-likeness (QED) is 0.568. The Kier molecular flexibility index (Phi) is 6.57. The molecular formula is C21H21ClN2O3S. The van der Waals surface area contributed by atoms with E-state index in [1.54, 1.807) is 19.2 Å². The van der Waals surface area contributed by atoms with Crippen LogP contribution in [0.3, 0.4) is 0 Å². The van der Waals surface area contributed by atoms with E-state index in [-0.39, 0.29) is 17.5 Å². The van der Waals surface area contributed by atoms with Gasteiger partial charge in [0.2, 0.25) is 10.0 Å². The van der Waals surface area contributed by atoms with Crippen molar-refractivity contribution in [2.24, 2.45) is 0 Å². The highest BCUT2D eigenvalue weighted by Crippen LogP contribution is 2.28. The van der Waals surface area contributed by atoms with Crippen molar-refractivity contribution in [2.75, 3.05) is 19.0 Å². The lowest BCUT2D eigenvalue weighted by Gasteiger charge is -2.22. The zero-order valence-corrected chi connectivity index (χ0v) is 16.9. The van der Waals surface area contributed by atoms with E-state index in [4.69, 9.17) is 16.3 Å². The number of para-hydroxylation sites is 2. The summed E-state index contributed by atoms with van der Waals surface area (Å²) in [5.74, 6) is 0.684. The van der Waals surface area contributed by atoms with Gasteiger partial charge in [-0.25, -0.2) is 13.1 Å². The van der Waals surface area contributed by atoms with Gasteiger partial charge >= 0.3 is 0 Å². The van der Waals surface area contributed by atoms with Crippen molar-refractivity contribution in [2.45, 2.75) is 10.9 Å². The summed E-state index contributed by atoms with van der Waals surface area (Å²) in [5.41, 5.74) is 1.73. The molecule has 3 aromatic carbocycles. The standard InChI is InChI=1S/C21H21ClN2O3S/c1-27-21-10-6-5-9-19(21)24-20(16-7-3-2-4-8-16)15-23-28(25,26)18-13-11-17(22)12-14-18/h2-14,20,23-24H,15H2,1H3/t20-/m1/s1. The smallest absolute Gasteiger partial charge is 0.240 e. The van der Waals surface area contributed by atoms with E-state index in [0.717, 1.165) is 11.3 Å². The highest BCUT2D eigenvalue weighted by molar-refractivity contribution is 7.89. The average molecular weight is 417 g/mol. The summed E-state index contributed by atoms with van der Waals surface area (Å²) in [7, 11) is -2.07. The first-order chi connectivity index (χ1) is 13.5. The molecule has 0 radical (unpaired) electrons. The van der Waals surface area contributed by atoms with E-state index in [2.05, 4.69) is 10.0 Å². The van der Waals surface area contributed by atoms with E-state index in [1.807, 2.05) is 54.6 Å². The molecule has 1 atom stereocenters. The summed E-state index contributed by atoms with van der Waals surface area (Å²) in [6.45, 7) is 0.160. The fraction of sp³-hybridized carbons (Fsp3) is 0.143. The molecule has 0 bridgehead atoms. The van der Waals surface area contributed by atoms with Gasteiger partial charge in [0, 0.05) is 11.6 Å². The maximum Gasteiger partial charge on any atom is 0.240 e. The number of methoxy groups -OCH3 is 1. The van der Waals surface area contributed by atoms with Crippen LogP contribution in [-0.4, -0.2) is 22.1 Å². The lowest BCUT2D eigenvalue weighted by atomic mass is 10.1. The Labute approximate surface area is 170 Å². The summed E-state index contributed by atoms with van der Waals surface area (Å²) >= 11 is 5.85. The number of hydrogen-bond acceptors (Lipinski definition) is 4. The predicted octanol–water partition coefficient (Wildman–Crippen LogP) is 4.48. The number of hydrogen-bond donors (Lipinski definition) is 2. The molecule has 0 fully saturated rings. The molecule has 0 aliphatic rings. The Hall–Kier alpha value is -2.54. The van der Waals surface area contributed by atoms with Crippen LogP contribution in [0.2, 0.25) is 5.02 Å². The zero-order chi connectivity index (χ0) is 20.0. The van der Waals surface area contributed by atoms with E-state index >= 15 is 0 Å². The second-order valence-corrected chi connectivity index (χ2v) is 8.32. The van der Waals surface area contributed by atoms with Crippen LogP contribution in [0.5, 0.6) is 5.75 Å². The number of sulfonamides is 1. The number of halogens is 1. The predicted molar refractivity (Wildman–Crippen MR) is 112 cm³/mol. The van der Waals surface area contributed by atoms with Crippen LogP contribution < -0.4 is 14.8 Å². The Morgan fingerprint density at radius 2 is 1.57 bits per heavy atom. The van der Waals surface area contributed by atoms with Crippen molar-refractivity contribution >= 4 is 27.3 Å². The van der Waals surface area contributed by atoms with Crippen LogP contribution >= 0.6 is 11.6 Å². The zero-order valence-electron chi connectivity index (χ0n) is 15.3. The molecule has 146 valence electrons. The van der Waals surface area contributed by atoms with Crippen LogP contribution in [-0.2, 0) is 10.0 Å². The molecular weight excluding hydrogens is 396 g/mol. The first-order valence-electron chi connectivity index (χ1n) is 8.69. The first-order valence-corrected chi connectivity index (χ1v) is 10.6. The normalized spacial score (nSPS) is 12.4. The maximum absolute atomic E-state index is 12.6. The van der Waals surface area contributed by atoms with Crippen molar-refractivity contribution < 1.29 is 13.2 Å². The third-order valence-corrected chi connectivity index (χ3v) is 5.93. The summed E-state index contributed by atoms with van der Waals surface area (Å²) in [6, 6.07) is 22.9.